The van der Waals surface area contributed by atoms with E-state index in [1.807, 2.05) is 6.08 Å². The van der Waals surface area contributed by atoms with Gasteiger partial charge in [0.25, 0.3) is 0 Å². The Morgan fingerprint density at radius 2 is 0.870 bits per heavy atom. The molecule has 7 atom stereocenters. The third kappa shape index (κ3) is 45.2. The number of aliphatic hydroxyl groups is 5. The van der Waals surface area contributed by atoms with Crippen molar-refractivity contribution in [3.05, 3.63) is 36.5 Å². The van der Waals surface area contributed by atoms with E-state index in [2.05, 4.69) is 43.5 Å². The highest BCUT2D eigenvalue weighted by molar-refractivity contribution is 5.76. The molecule has 0 aromatic rings. The Morgan fingerprint density at radius 1 is 0.481 bits per heavy atom. The summed E-state index contributed by atoms with van der Waals surface area (Å²) in [7, 11) is 0. The average Bonchev–Trinajstić information content (AvgIpc) is 3.43. The zero-order chi connectivity index (χ0) is 55.9. The monoisotopic (exact) mass is 1090 g/mol. The molecule has 1 aliphatic heterocycles. The average molecular weight is 1090 g/mol. The van der Waals surface area contributed by atoms with E-state index in [4.69, 9.17) is 14.2 Å². The van der Waals surface area contributed by atoms with Crippen LogP contribution < -0.4 is 5.32 Å². The molecule has 1 heterocycles. The Kier molecular flexibility index (Phi) is 52.8. The molecule has 0 spiro atoms. The standard InChI is InChI=1S/C66H123NO10/c1-3-5-7-9-11-13-33-38-42-46-50-54-62(71)75-55-51-47-43-39-35-32-30-28-26-24-22-20-18-16-14-15-17-19-21-23-25-27-29-31-34-37-41-45-49-53-61(70)67-58(59(69)52-48-44-40-36-12-10-8-6-4-2)57-76-66-65(74)64(73)63(72)60(56-68)77-66/h14,16,20,22,48,52,58-60,63-66,68-69,72-74H,3-13,15,17-19,21,23-47,49-51,53-57H2,1-2H3,(H,67,70)/b16-14-,22-20-,52-48+. The number of aliphatic hydroxyl groups excluding tert-OH is 5. The lowest BCUT2D eigenvalue weighted by Gasteiger charge is -2.40. The van der Waals surface area contributed by atoms with Crippen LogP contribution in [0.4, 0.5) is 0 Å². The van der Waals surface area contributed by atoms with E-state index in [9.17, 15) is 35.1 Å². The molecule has 1 amide bonds. The maximum atomic E-state index is 13.0. The van der Waals surface area contributed by atoms with Crippen LogP contribution in [0.3, 0.4) is 0 Å². The van der Waals surface area contributed by atoms with E-state index in [-0.39, 0.29) is 18.5 Å². The summed E-state index contributed by atoms with van der Waals surface area (Å²) in [6, 6.07) is -0.809. The van der Waals surface area contributed by atoms with E-state index < -0.39 is 49.5 Å². The summed E-state index contributed by atoms with van der Waals surface area (Å²) in [5.74, 6) is -0.181. The lowest BCUT2D eigenvalue weighted by molar-refractivity contribution is -0.302. The Morgan fingerprint density at radius 3 is 1.31 bits per heavy atom. The predicted molar refractivity (Wildman–Crippen MR) is 320 cm³/mol. The fraction of sp³-hybridized carbons (Fsp3) is 0.879. The van der Waals surface area contributed by atoms with Crippen LogP contribution in [0.15, 0.2) is 36.5 Å². The molecule has 7 unspecified atom stereocenters. The van der Waals surface area contributed by atoms with Crippen molar-refractivity contribution in [3.63, 3.8) is 0 Å². The summed E-state index contributed by atoms with van der Waals surface area (Å²) < 4.78 is 16.7. The van der Waals surface area contributed by atoms with Crippen molar-refractivity contribution in [2.24, 2.45) is 0 Å². The van der Waals surface area contributed by atoms with E-state index in [1.165, 1.54) is 218 Å². The maximum Gasteiger partial charge on any atom is 0.305 e. The molecule has 1 fully saturated rings. The number of unbranched alkanes of at least 4 members (excludes halogenated alkanes) is 39. The second-order valence-corrected chi connectivity index (χ2v) is 22.8. The van der Waals surface area contributed by atoms with Gasteiger partial charge in [-0.25, -0.2) is 0 Å². The molecule has 0 aromatic carbocycles. The van der Waals surface area contributed by atoms with Crippen molar-refractivity contribution in [2.75, 3.05) is 19.8 Å². The summed E-state index contributed by atoms with van der Waals surface area (Å²) >= 11 is 0. The minimum Gasteiger partial charge on any atom is -0.466 e. The maximum absolute atomic E-state index is 13.0. The van der Waals surface area contributed by atoms with Gasteiger partial charge in [-0.1, -0.05) is 269 Å². The third-order valence-electron chi connectivity index (χ3n) is 15.5. The van der Waals surface area contributed by atoms with Crippen LogP contribution in [0.1, 0.15) is 309 Å². The SMILES string of the molecule is CCCCCCCCC/C=C/C(O)C(COC1OC(CO)C(O)C(O)C1O)NC(=O)CCCCCCCCCCCCCCC/C=C\C/C=C\CCCCCCCCCCCOC(=O)CCCCCCCCCCCCC. The van der Waals surface area contributed by atoms with Gasteiger partial charge in [-0.15, -0.1) is 0 Å². The molecule has 1 aliphatic rings. The molecule has 0 radical (unpaired) electrons. The smallest absolute Gasteiger partial charge is 0.305 e. The molecular formula is C66H123NO10. The first kappa shape index (κ1) is 72.9. The molecule has 1 rings (SSSR count). The van der Waals surface area contributed by atoms with Gasteiger partial charge in [0.2, 0.25) is 5.91 Å². The van der Waals surface area contributed by atoms with Gasteiger partial charge in [0, 0.05) is 12.8 Å². The second-order valence-electron chi connectivity index (χ2n) is 22.8. The van der Waals surface area contributed by atoms with Gasteiger partial charge >= 0.3 is 5.97 Å². The molecular weight excluding hydrogens is 967 g/mol. The normalized spacial score (nSPS) is 18.8. The Hall–Kier alpha value is -2.12. The molecule has 1 saturated heterocycles. The number of amides is 1. The van der Waals surface area contributed by atoms with Crippen LogP contribution in [0, 0.1) is 0 Å². The van der Waals surface area contributed by atoms with Gasteiger partial charge < -0.3 is 45.1 Å². The highest BCUT2D eigenvalue weighted by Crippen LogP contribution is 2.23. The zero-order valence-corrected chi connectivity index (χ0v) is 49.9. The molecule has 6 N–H and O–H groups in total. The summed E-state index contributed by atoms with van der Waals surface area (Å²) in [5.41, 5.74) is 0. The van der Waals surface area contributed by atoms with Crippen molar-refractivity contribution >= 4 is 11.9 Å². The number of esters is 1. The fourth-order valence-electron chi connectivity index (χ4n) is 10.3. The summed E-state index contributed by atoms with van der Waals surface area (Å²) in [5, 5.41) is 54.2. The van der Waals surface area contributed by atoms with E-state index in [0.29, 0.717) is 19.4 Å². The minimum absolute atomic E-state index is 0.00292. The van der Waals surface area contributed by atoms with E-state index in [1.54, 1.807) is 6.08 Å². The number of hydrogen-bond donors (Lipinski definition) is 6. The molecule has 0 aromatic heterocycles. The topological polar surface area (TPSA) is 175 Å². The van der Waals surface area contributed by atoms with Crippen LogP contribution in [0.5, 0.6) is 0 Å². The highest BCUT2D eigenvalue weighted by Gasteiger charge is 2.44. The van der Waals surface area contributed by atoms with Crippen molar-refractivity contribution in [1.29, 1.82) is 0 Å². The van der Waals surface area contributed by atoms with Gasteiger partial charge in [0.15, 0.2) is 6.29 Å². The van der Waals surface area contributed by atoms with Gasteiger partial charge in [-0.05, 0) is 64.2 Å². The second kappa shape index (κ2) is 55.8. The first-order valence-corrected chi connectivity index (χ1v) is 32.8. The predicted octanol–water partition coefficient (Wildman–Crippen LogP) is 15.8. The highest BCUT2D eigenvalue weighted by atomic mass is 16.7. The number of rotatable bonds is 57. The van der Waals surface area contributed by atoms with Crippen LogP contribution in [-0.4, -0.2) is 100 Å². The van der Waals surface area contributed by atoms with Crippen molar-refractivity contribution < 1.29 is 49.3 Å². The Labute approximate surface area is 473 Å². The number of nitrogens with one attached hydrogen (secondary N) is 1. The quantitative estimate of drug-likeness (QED) is 0.0195. The van der Waals surface area contributed by atoms with Gasteiger partial charge in [0.05, 0.1) is 32.0 Å². The molecule has 0 saturated carbocycles. The number of allylic oxidation sites excluding steroid dienone is 5. The summed E-state index contributed by atoms with van der Waals surface area (Å²) in [4.78, 5) is 25.0. The van der Waals surface area contributed by atoms with Crippen LogP contribution in [0.25, 0.3) is 0 Å². The minimum atomic E-state index is -1.57. The Bertz CT molecular complexity index is 1370. The third-order valence-corrected chi connectivity index (χ3v) is 15.5. The van der Waals surface area contributed by atoms with Crippen LogP contribution in [0.2, 0.25) is 0 Å². The Balaban J connectivity index is 1.97. The van der Waals surface area contributed by atoms with Gasteiger partial charge in [-0.2, -0.15) is 0 Å². The first-order valence-electron chi connectivity index (χ1n) is 32.8. The molecule has 452 valence electrons. The summed E-state index contributed by atoms with van der Waals surface area (Å²) in [6.45, 7) is 4.32. The largest absolute Gasteiger partial charge is 0.466 e. The molecule has 0 bridgehead atoms. The molecule has 11 nitrogen and oxygen atoms in total. The van der Waals surface area contributed by atoms with Crippen LogP contribution in [-0.2, 0) is 23.8 Å². The van der Waals surface area contributed by atoms with E-state index >= 15 is 0 Å². The summed E-state index contributed by atoms with van der Waals surface area (Å²) in [6.07, 6.45) is 59.9. The first-order chi connectivity index (χ1) is 37.7. The number of ether oxygens (including phenoxy) is 3. The van der Waals surface area contributed by atoms with Crippen molar-refractivity contribution in [2.45, 2.75) is 352 Å². The molecule has 11 heteroatoms. The van der Waals surface area contributed by atoms with E-state index in [0.717, 1.165) is 64.2 Å². The lowest BCUT2D eigenvalue weighted by Crippen LogP contribution is -2.60. The van der Waals surface area contributed by atoms with Crippen molar-refractivity contribution in [1.82, 2.24) is 5.32 Å². The van der Waals surface area contributed by atoms with Crippen molar-refractivity contribution in [3.8, 4) is 0 Å². The number of carbonyl (C=O) groups is 2. The number of hydrogen-bond acceptors (Lipinski definition) is 10. The lowest BCUT2D eigenvalue weighted by atomic mass is 9.99. The number of carbonyl (C=O) groups excluding carboxylic acids is 2. The molecule has 77 heavy (non-hydrogen) atoms. The zero-order valence-electron chi connectivity index (χ0n) is 49.9. The van der Waals surface area contributed by atoms with Crippen LogP contribution >= 0.6 is 0 Å². The fourth-order valence-corrected chi connectivity index (χ4v) is 10.3. The van der Waals surface area contributed by atoms with Gasteiger partial charge in [-0.3, -0.25) is 9.59 Å². The van der Waals surface area contributed by atoms with Gasteiger partial charge in [0.1, 0.15) is 24.4 Å². The molecule has 0 aliphatic carbocycles.